The molecule has 3 aliphatic heterocycles. The van der Waals surface area contributed by atoms with Crippen LogP contribution in [-0.4, -0.2) is 47.9 Å². The number of nitrogens with zero attached hydrogens (tertiary/aromatic N) is 2. The van der Waals surface area contributed by atoms with Crippen LogP contribution in [0.1, 0.15) is 36.5 Å². The van der Waals surface area contributed by atoms with Crippen molar-refractivity contribution in [1.82, 2.24) is 9.80 Å². The predicted molar refractivity (Wildman–Crippen MR) is 85.7 cm³/mol. The molecule has 3 fully saturated rings. The molecular weight excluding hydrogens is 303 g/mol. The average molecular weight is 325 g/mol. The van der Waals surface area contributed by atoms with E-state index < -0.39 is 5.82 Å². The molecule has 0 radical (unpaired) electrons. The second-order valence-corrected chi connectivity index (χ2v) is 6.81. The van der Waals surface area contributed by atoms with Gasteiger partial charge in [-0.2, -0.15) is 0 Å². The number of hydrogen-bond acceptors (Lipinski definition) is 2. The molecule has 0 N–H and O–H groups in total. The smallest absolute Gasteiger partial charge is 0.258 e. The standard InChI is InChI=1S/C17H22ClFN2O/c1-2-8-20-9-12-6-7-13(20)11-21(10-12)17(22)16-14(18)4-3-5-15(16)19/h3-5,12-13H,2,6-11H2,1H3/t12-,13-/m0/s1. The zero-order valence-electron chi connectivity index (χ0n) is 12.9. The van der Waals surface area contributed by atoms with Crippen molar-refractivity contribution in [2.75, 3.05) is 26.2 Å². The van der Waals surface area contributed by atoms with Crippen LogP contribution < -0.4 is 0 Å². The highest BCUT2D eigenvalue weighted by Gasteiger charge is 2.37. The van der Waals surface area contributed by atoms with Gasteiger partial charge in [0.25, 0.3) is 5.91 Å². The number of carbonyl (C=O) groups is 1. The Balaban J connectivity index is 1.82. The van der Waals surface area contributed by atoms with E-state index in [1.807, 2.05) is 4.90 Å². The van der Waals surface area contributed by atoms with Crippen LogP contribution in [-0.2, 0) is 0 Å². The second-order valence-electron chi connectivity index (χ2n) is 6.40. The molecule has 0 unspecified atom stereocenters. The molecule has 2 atom stereocenters. The van der Waals surface area contributed by atoms with Gasteiger partial charge in [0, 0.05) is 25.7 Å². The molecule has 0 aromatic heterocycles. The number of carbonyl (C=O) groups excluding carboxylic acids is 1. The lowest BCUT2D eigenvalue weighted by Crippen LogP contribution is -2.44. The molecule has 5 heteroatoms. The van der Waals surface area contributed by atoms with Gasteiger partial charge in [0.2, 0.25) is 0 Å². The zero-order chi connectivity index (χ0) is 15.7. The van der Waals surface area contributed by atoms with E-state index in [1.54, 1.807) is 6.07 Å². The third-order valence-corrected chi connectivity index (χ3v) is 5.12. The van der Waals surface area contributed by atoms with Gasteiger partial charge in [-0.1, -0.05) is 24.6 Å². The van der Waals surface area contributed by atoms with Crippen LogP contribution >= 0.6 is 11.6 Å². The molecule has 1 amide bonds. The third-order valence-electron chi connectivity index (χ3n) is 4.80. The second kappa shape index (κ2) is 6.55. The molecule has 3 heterocycles. The van der Waals surface area contributed by atoms with E-state index in [0.717, 1.165) is 32.4 Å². The Morgan fingerprint density at radius 3 is 2.86 bits per heavy atom. The number of piperidine rings is 1. The molecule has 0 spiro atoms. The predicted octanol–water partition coefficient (Wildman–Crippen LogP) is 3.43. The minimum atomic E-state index is -0.528. The summed E-state index contributed by atoms with van der Waals surface area (Å²) < 4.78 is 14.0. The van der Waals surface area contributed by atoms with Crippen LogP contribution in [0.15, 0.2) is 18.2 Å². The molecule has 3 nitrogen and oxygen atoms in total. The van der Waals surface area contributed by atoms with Crippen LogP contribution in [0.5, 0.6) is 0 Å². The Hall–Kier alpha value is -1.13. The van der Waals surface area contributed by atoms with Gasteiger partial charge in [0.1, 0.15) is 5.82 Å². The third kappa shape index (κ3) is 2.99. The number of fused-ring (bicyclic) bond motifs is 4. The largest absolute Gasteiger partial charge is 0.337 e. The lowest BCUT2D eigenvalue weighted by atomic mass is 9.95. The quantitative estimate of drug-likeness (QED) is 0.850. The number of halogens is 2. The Bertz CT molecular complexity index is 545. The zero-order valence-corrected chi connectivity index (χ0v) is 13.7. The number of hydrogen-bond donors (Lipinski definition) is 0. The Kier molecular flexibility index (Phi) is 4.69. The first-order valence-electron chi connectivity index (χ1n) is 8.07. The minimum absolute atomic E-state index is 0.0208. The molecule has 2 bridgehead atoms. The summed E-state index contributed by atoms with van der Waals surface area (Å²) in [5.41, 5.74) is 0.0208. The number of benzene rings is 1. The fourth-order valence-corrected chi connectivity index (χ4v) is 4.01. The summed E-state index contributed by atoms with van der Waals surface area (Å²) in [6, 6.07) is 4.81. The highest BCUT2D eigenvalue weighted by atomic mass is 35.5. The fourth-order valence-electron chi connectivity index (χ4n) is 3.77. The highest BCUT2D eigenvalue weighted by molar-refractivity contribution is 6.33. The summed E-state index contributed by atoms with van der Waals surface area (Å²) >= 11 is 6.05. The topological polar surface area (TPSA) is 23.6 Å². The van der Waals surface area contributed by atoms with Crippen LogP contribution in [0.3, 0.4) is 0 Å². The molecule has 3 saturated heterocycles. The summed E-state index contributed by atoms with van der Waals surface area (Å²) in [4.78, 5) is 17.1. The van der Waals surface area contributed by atoms with Crippen molar-refractivity contribution in [2.45, 2.75) is 32.2 Å². The van der Waals surface area contributed by atoms with Crippen LogP contribution in [0.25, 0.3) is 0 Å². The Morgan fingerprint density at radius 2 is 2.14 bits per heavy atom. The molecule has 22 heavy (non-hydrogen) atoms. The van der Waals surface area contributed by atoms with Crippen molar-refractivity contribution in [2.24, 2.45) is 5.92 Å². The maximum Gasteiger partial charge on any atom is 0.258 e. The molecule has 1 aromatic rings. The van der Waals surface area contributed by atoms with E-state index in [2.05, 4.69) is 11.8 Å². The molecule has 120 valence electrons. The van der Waals surface area contributed by atoms with Crippen LogP contribution in [0.4, 0.5) is 4.39 Å². The number of amides is 1. The lowest BCUT2D eigenvalue weighted by Gasteiger charge is -2.35. The van der Waals surface area contributed by atoms with Crippen molar-refractivity contribution in [3.63, 3.8) is 0 Å². The molecular formula is C17H22ClFN2O. The lowest BCUT2D eigenvalue weighted by molar-refractivity contribution is 0.0733. The van der Waals surface area contributed by atoms with Gasteiger partial charge in [-0.25, -0.2) is 4.39 Å². The minimum Gasteiger partial charge on any atom is -0.337 e. The van der Waals surface area contributed by atoms with Crippen molar-refractivity contribution in [3.8, 4) is 0 Å². The van der Waals surface area contributed by atoms with Gasteiger partial charge < -0.3 is 4.90 Å². The van der Waals surface area contributed by atoms with E-state index >= 15 is 0 Å². The maximum absolute atomic E-state index is 14.0. The van der Waals surface area contributed by atoms with Gasteiger partial charge in [-0.05, 0) is 43.9 Å². The van der Waals surface area contributed by atoms with Crippen molar-refractivity contribution < 1.29 is 9.18 Å². The SMILES string of the molecule is CCCN1C[C@@H]2CC[C@H]1CN(C(=O)c1c(F)cccc1Cl)C2. The summed E-state index contributed by atoms with van der Waals surface area (Å²) in [5, 5.41) is 0.201. The van der Waals surface area contributed by atoms with E-state index in [-0.39, 0.29) is 16.5 Å². The van der Waals surface area contributed by atoms with E-state index in [4.69, 9.17) is 11.6 Å². The first-order valence-corrected chi connectivity index (χ1v) is 8.45. The number of rotatable bonds is 3. The monoisotopic (exact) mass is 324 g/mol. The summed E-state index contributed by atoms with van der Waals surface area (Å²) in [5.74, 6) is -0.308. The average Bonchev–Trinajstić information content (AvgIpc) is 2.79. The molecule has 0 saturated carbocycles. The molecule has 0 aliphatic carbocycles. The molecule has 1 aromatic carbocycles. The summed E-state index contributed by atoms with van der Waals surface area (Å²) in [6.07, 6.45) is 3.40. The highest BCUT2D eigenvalue weighted by Crippen LogP contribution is 2.30. The van der Waals surface area contributed by atoms with Gasteiger partial charge in [0.05, 0.1) is 10.6 Å². The fraction of sp³-hybridized carbons (Fsp3) is 0.588. The van der Waals surface area contributed by atoms with Crippen molar-refractivity contribution in [1.29, 1.82) is 0 Å². The first kappa shape index (κ1) is 15.8. The Labute approximate surface area is 136 Å². The molecule has 4 rings (SSSR count). The molecule has 3 aliphatic rings. The summed E-state index contributed by atoms with van der Waals surface area (Å²) in [7, 11) is 0. The van der Waals surface area contributed by atoms with Gasteiger partial charge in [0.15, 0.2) is 0 Å². The van der Waals surface area contributed by atoms with Gasteiger partial charge in [-0.3, -0.25) is 9.69 Å². The summed E-state index contributed by atoms with van der Waals surface area (Å²) in [6.45, 7) is 5.69. The van der Waals surface area contributed by atoms with E-state index in [1.165, 1.54) is 12.1 Å². The van der Waals surface area contributed by atoms with Gasteiger partial charge in [-0.15, -0.1) is 0 Å². The van der Waals surface area contributed by atoms with Gasteiger partial charge >= 0.3 is 0 Å². The van der Waals surface area contributed by atoms with Crippen molar-refractivity contribution >= 4 is 17.5 Å². The van der Waals surface area contributed by atoms with Crippen molar-refractivity contribution in [3.05, 3.63) is 34.6 Å². The van der Waals surface area contributed by atoms with Crippen LogP contribution in [0, 0.1) is 11.7 Å². The maximum atomic E-state index is 14.0. The normalized spacial score (nSPS) is 25.3. The van der Waals surface area contributed by atoms with E-state index in [0.29, 0.717) is 25.0 Å². The van der Waals surface area contributed by atoms with Crippen LogP contribution in [0.2, 0.25) is 5.02 Å². The Morgan fingerprint density at radius 1 is 1.32 bits per heavy atom. The first-order chi connectivity index (χ1) is 10.6. The van der Waals surface area contributed by atoms with E-state index in [9.17, 15) is 9.18 Å².